The lowest BCUT2D eigenvalue weighted by Gasteiger charge is -2.41. The average Bonchev–Trinajstić information content (AvgIpc) is 3.91. The molecule has 5 aliphatic heterocycles. The zero-order valence-electron chi connectivity index (χ0n) is 41.0. The highest BCUT2D eigenvalue weighted by atomic mass is 19.1. The Morgan fingerprint density at radius 2 is 0.892 bits per heavy atom. The van der Waals surface area contributed by atoms with Gasteiger partial charge in [-0.2, -0.15) is 0 Å². The summed E-state index contributed by atoms with van der Waals surface area (Å²) in [6, 6.07) is 1.39. The Hall–Kier alpha value is -1.33. The number of aliphatic hydroxyl groups is 2. The first-order chi connectivity index (χ1) is 31.8. The Morgan fingerprint density at radius 3 is 1.43 bits per heavy atom. The fraction of sp³-hybridized carbons (Fsp3) is 0.964. The van der Waals surface area contributed by atoms with E-state index in [4.69, 9.17) is 0 Å². The molecule has 5 heterocycles. The Labute approximate surface area is 394 Å². The van der Waals surface area contributed by atoms with Crippen LogP contribution in [0.4, 0.5) is 4.39 Å². The summed E-state index contributed by atoms with van der Waals surface area (Å²) >= 11 is 0. The molecule has 7 atom stereocenters. The topological polar surface area (TPSA) is 90.8 Å². The molecule has 0 bridgehead atoms. The smallest absolute Gasteiger partial charge is 0.239 e. The molecule has 10 aliphatic rings. The Bertz CT molecular complexity index is 1460. The molecular formula is C55H94FN5O4. The summed E-state index contributed by atoms with van der Waals surface area (Å²) in [6.07, 6.45) is 34.0. The first-order valence-corrected chi connectivity index (χ1v) is 28.6. The molecule has 10 heteroatoms. The van der Waals surface area contributed by atoms with Crippen LogP contribution in [0.3, 0.4) is 0 Å². The van der Waals surface area contributed by atoms with E-state index in [0.29, 0.717) is 66.3 Å². The van der Waals surface area contributed by atoms with E-state index < -0.39 is 6.17 Å². The van der Waals surface area contributed by atoms with Crippen molar-refractivity contribution < 1.29 is 24.2 Å². The van der Waals surface area contributed by atoms with E-state index in [9.17, 15) is 24.2 Å². The third-order valence-electron chi connectivity index (χ3n) is 19.9. The average molecular weight is 908 g/mol. The number of halogens is 1. The maximum atomic E-state index is 13.8. The van der Waals surface area contributed by atoms with Gasteiger partial charge in [-0.3, -0.25) is 19.4 Å². The van der Waals surface area contributed by atoms with Crippen LogP contribution in [0.25, 0.3) is 0 Å². The summed E-state index contributed by atoms with van der Waals surface area (Å²) in [4.78, 5) is 39.9. The molecule has 7 unspecified atom stereocenters. The molecule has 0 spiro atoms. The van der Waals surface area contributed by atoms with Crippen LogP contribution in [0.1, 0.15) is 193 Å². The summed E-state index contributed by atoms with van der Waals surface area (Å²) < 4.78 is 13.7. The van der Waals surface area contributed by atoms with Gasteiger partial charge >= 0.3 is 0 Å². The van der Waals surface area contributed by atoms with Gasteiger partial charge < -0.3 is 24.9 Å². The van der Waals surface area contributed by atoms with Crippen LogP contribution in [0.15, 0.2) is 0 Å². The molecular weight excluding hydrogens is 814 g/mol. The first kappa shape index (κ1) is 48.7. The van der Waals surface area contributed by atoms with E-state index in [1.807, 2.05) is 0 Å². The van der Waals surface area contributed by atoms with E-state index >= 15 is 0 Å². The van der Waals surface area contributed by atoms with Crippen molar-refractivity contribution in [1.29, 1.82) is 0 Å². The van der Waals surface area contributed by atoms with Gasteiger partial charge in [0.2, 0.25) is 11.8 Å². The summed E-state index contributed by atoms with van der Waals surface area (Å²) in [7, 11) is 0. The van der Waals surface area contributed by atoms with Crippen LogP contribution in [0.2, 0.25) is 0 Å². The second-order valence-corrected chi connectivity index (χ2v) is 24.1. The van der Waals surface area contributed by atoms with Crippen LogP contribution < -0.4 is 0 Å². The molecule has 0 aromatic rings. The van der Waals surface area contributed by atoms with Gasteiger partial charge in [-0.25, -0.2) is 4.39 Å². The maximum Gasteiger partial charge on any atom is 0.239 e. The minimum Gasteiger partial charge on any atom is -0.393 e. The molecule has 2 amide bonds. The monoisotopic (exact) mass is 908 g/mol. The van der Waals surface area contributed by atoms with Gasteiger partial charge in [0.15, 0.2) is 0 Å². The van der Waals surface area contributed by atoms with E-state index in [-0.39, 0.29) is 24.3 Å². The maximum absolute atomic E-state index is 13.8. The van der Waals surface area contributed by atoms with Crippen LogP contribution in [-0.4, -0.2) is 148 Å². The Kier molecular flexibility index (Phi) is 17.6. The second kappa shape index (κ2) is 23.5. The van der Waals surface area contributed by atoms with Gasteiger partial charge in [0.05, 0.1) is 24.3 Å². The molecule has 2 N–H and O–H groups in total. The van der Waals surface area contributed by atoms with Crippen molar-refractivity contribution in [2.75, 3.05) is 58.9 Å². The van der Waals surface area contributed by atoms with Crippen LogP contribution >= 0.6 is 0 Å². The highest BCUT2D eigenvalue weighted by Crippen LogP contribution is 2.44. The molecule has 5 saturated heterocycles. The minimum atomic E-state index is -0.607. The van der Waals surface area contributed by atoms with Crippen molar-refractivity contribution in [1.82, 2.24) is 24.5 Å². The number of nitrogens with zero attached hydrogens (tertiary/aromatic N) is 5. The number of hydrogen-bond donors (Lipinski definition) is 2. The summed E-state index contributed by atoms with van der Waals surface area (Å²) in [5.41, 5.74) is 0. The van der Waals surface area contributed by atoms with Crippen molar-refractivity contribution in [3.63, 3.8) is 0 Å². The number of likely N-dealkylation sites (tertiary alicyclic amines) is 5. The molecule has 65 heavy (non-hydrogen) atoms. The molecule has 10 fully saturated rings. The second-order valence-electron chi connectivity index (χ2n) is 24.1. The number of fused-ring (bicyclic) bond motifs is 2. The fourth-order valence-electron chi connectivity index (χ4n) is 15.9. The molecule has 0 radical (unpaired) electrons. The first-order valence-electron chi connectivity index (χ1n) is 28.6. The van der Waals surface area contributed by atoms with Crippen molar-refractivity contribution in [2.24, 2.45) is 41.4 Å². The molecule has 0 aromatic heterocycles. The quantitative estimate of drug-likeness (QED) is 0.226. The van der Waals surface area contributed by atoms with Crippen molar-refractivity contribution in [2.45, 2.75) is 235 Å². The van der Waals surface area contributed by atoms with E-state index in [0.717, 1.165) is 115 Å². The van der Waals surface area contributed by atoms with Crippen molar-refractivity contribution in [3.05, 3.63) is 0 Å². The Morgan fingerprint density at radius 1 is 0.462 bits per heavy atom. The van der Waals surface area contributed by atoms with Crippen LogP contribution in [0.5, 0.6) is 0 Å². The SMILES string of the molecule is O=C(C1CC2CCCCC2N1CC1CCC(F)CC1)N1CCC(C(O)C2CCCCC2)CC1.O=C(C1CC2CCCCC2N1CC1CCC(O)CC1)N1CCC(CN2CCCCC2)CC1. The molecule has 370 valence electrons. The highest BCUT2D eigenvalue weighted by Gasteiger charge is 2.49. The zero-order valence-corrected chi connectivity index (χ0v) is 41.0. The minimum absolute atomic E-state index is 0.0426. The van der Waals surface area contributed by atoms with Gasteiger partial charge in [0.25, 0.3) is 0 Å². The zero-order chi connectivity index (χ0) is 44.7. The number of hydrogen-bond acceptors (Lipinski definition) is 7. The normalized spacial score (nSPS) is 38.1. The van der Waals surface area contributed by atoms with Crippen molar-refractivity contribution >= 4 is 11.8 Å². The molecule has 0 aromatic carbocycles. The van der Waals surface area contributed by atoms with Gasteiger partial charge in [0.1, 0.15) is 6.17 Å². The van der Waals surface area contributed by atoms with Gasteiger partial charge in [0, 0.05) is 57.9 Å². The third-order valence-corrected chi connectivity index (χ3v) is 19.9. The van der Waals surface area contributed by atoms with Crippen LogP contribution in [-0.2, 0) is 9.59 Å². The largest absolute Gasteiger partial charge is 0.393 e. The number of piperidine rings is 3. The number of alkyl halides is 1. The van der Waals surface area contributed by atoms with Gasteiger partial charge in [-0.15, -0.1) is 0 Å². The lowest BCUT2D eigenvalue weighted by molar-refractivity contribution is -0.139. The van der Waals surface area contributed by atoms with E-state index in [1.54, 1.807) is 0 Å². The number of aliphatic hydroxyl groups excluding tert-OH is 2. The highest BCUT2D eigenvalue weighted by molar-refractivity contribution is 5.83. The molecule has 5 saturated carbocycles. The predicted molar refractivity (Wildman–Crippen MR) is 258 cm³/mol. The number of carbonyl (C=O) groups is 2. The number of carbonyl (C=O) groups excluding carboxylic acids is 2. The van der Waals surface area contributed by atoms with Crippen LogP contribution in [0, 0.1) is 41.4 Å². The summed E-state index contributed by atoms with van der Waals surface area (Å²) in [6.45, 7) is 9.53. The van der Waals surface area contributed by atoms with E-state index in [1.165, 1.54) is 135 Å². The Balaban J connectivity index is 0.000000164. The number of amides is 2. The van der Waals surface area contributed by atoms with Gasteiger partial charge in [-0.1, -0.05) is 51.4 Å². The molecule has 5 aliphatic carbocycles. The lowest BCUT2D eigenvalue weighted by Crippen LogP contribution is -2.52. The van der Waals surface area contributed by atoms with E-state index in [2.05, 4.69) is 24.5 Å². The fourth-order valence-corrected chi connectivity index (χ4v) is 15.9. The van der Waals surface area contributed by atoms with Crippen molar-refractivity contribution in [3.8, 4) is 0 Å². The number of rotatable bonds is 10. The third kappa shape index (κ3) is 12.3. The summed E-state index contributed by atoms with van der Waals surface area (Å²) in [5.74, 6) is 5.09. The predicted octanol–water partition coefficient (Wildman–Crippen LogP) is 9.22. The lowest BCUT2D eigenvalue weighted by atomic mass is 9.77. The summed E-state index contributed by atoms with van der Waals surface area (Å²) in [5, 5.41) is 20.9. The van der Waals surface area contributed by atoms with Gasteiger partial charge in [-0.05, 0) is 196 Å². The molecule has 9 nitrogen and oxygen atoms in total. The standard InChI is InChI=1S/C28H47FN2O2.C27H47N3O2/c29-24-12-10-20(11-13-24)19-31-25-9-5-4-8-23(25)18-26(31)28(33)30-16-14-22(15-17-30)27(32)21-6-2-1-3-7-21;31-24-10-8-21(9-11-24)20-30-25-7-3-2-6-23(25)18-26(30)27(32)29-16-12-22(13-17-29)19-28-14-4-1-5-15-28/h20-27,32H,1-19H2;21-26,31H,1-20H2. The molecule has 10 rings (SSSR count).